The molecule has 2 aliphatic rings. The molecule has 10 nitrogen and oxygen atoms in total. The van der Waals surface area contributed by atoms with Crippen molar-refractivity contribution in [3.63, 3.8) is 0 Å². The van der Waals surface area contributed by atoms with Crippen LogP contribution in [-0.4, -0.2) is 62.3 Å². The quantitative estimate of drug-likeness (QED) is 0.333. The van der Waals surface area contributed by atoms with Gasteiger partial charge in [-0.25, -0.2) is 9.78 Å². The smallest absolute Gasteiger partial charge is 0.353 e. The number of hydrogen-bond donors (Lipinski definition) is 3. The topological polar surface area (TPSA) is 147 Å². The maximum absolute atomic E-state index is 12.6. The van der Waals surface area contributed by atoms with Crippen molar-refractivity contribution in [2.45, 2.75) is 18.3 Å². The Labute approximate surface area is 166 Å². The number of amides is 2. The molecule has 1 fully saturated rings. The lowest BCUT2D eigenvalue weighted by molar-refractivity contribution is -0.150. The second-order valence-corrected chi connectivity index (χ2v) is 7.80. The van der Waals surface area contributed by atoms with Gasteiger partial charge in [-0.05, 0) is 6.92 Å². The molecule has 13 heteroatoms. The number of aromatic nitrogens is 1. The van der Waals surface area contributed by atoms with E-state index in [2.05, 4.69) is 15.5 Å². The van der Waals surface area contributed by atoms with Crippen LogP contribution in [0.5, 0.6) is 0 Å². The molecule has 0 bridgehead atoms. The summed E-state index contributed by atoms with van der Waals surface area (Å²) in [5.41, 5.74) is 5.43. The number of thiazole rings is 1. The molecule has 3 heterocycles. The van der Waals surface area contributed by atoms with Crippen molar-refractivity contribution in [3.8, 4) is 0 Å². The van der Waals surface area contributed by atoms with E-state index in [0.29, 0.717) is 0 Å². The molecule has 4 N–H and O–H groups in total. The molecule has 1 aromatic rings. The normalized spacial score (nSPS) is 22.2. The molecule has 0 saturated carbocycles. The Morgan fingerprint density at radius 1 is 1.59 bits per heavy atom. The van der Waals surface area contributed by atoms with Crippen molar-refractivity contribution in [2.24, 2.45) is 5.16 Å². The number of aliphatic carboxylic acids is 1. The zero-order valence-corrected chi connectivity index (χ0v) is 16.2. The summed E-state index contributed by atoms with van der Waals surface area (Å²) >= 11 is 8.31. The number of thioether (sulfide) groups is 1. The van der Waals surface area contributed by atoms with Gasteiger partial charge in [0.15, 0.2) is 10.8 Å². The van der Waals surface area contributed by atoms with Crippen LogP contribution in [0.3, 0.4) is 0 Å². The number of anilines is 1. The van der Waals surface area contributed by atoms with Crippen molar-refractivity contribution >= 4 is 63.3 Å². The minimum absolute atomic E-state index is 0.0819. The number of fused-ring (bicyclic) bond motifs is 1. The lowest BCUT2D eigenvalue weighted by atomic mass is 10.0. The van der Waals surface area contributed by atoms with Crippen LogP contribution in [0.15, 0.2) is 21.3 Å². The summed E-state index contributed by atoms with van der Waals surface area (Å²) in [6.45, 7) is 1.93. The van der Waals surface area contributed by atoms with Gasteiger partial charge in [-0.15, -0.1) is 23.1 Å². The standard InChI is InChI=1S/C14H14ClN5O5S2/c1-2-25-19-7(6-4-27-14(16)17-6)10(21)18-8-11(22)20-9(13(23)24)5(15)3-26-12(8)20/h4,8,12H,2-3H2,1H3,(H2,16,17)(H,18,21)(H,23,24)/b19-7+/t8?,12-/m1/s1. The second kappa shape index (κ2) is 7.74. The molecule has 0 radical (unpaired) electrons. The lowest BCUT2D eigenvalue weighted by Crippen LogP contribution is -2.71. The highest BCUT2D eigenvalue weighted by molar-refractivity contribution is 8.00. The number of carboxylic acid groups (broad SMARTS) is 1. The highest BCUT2D eigenvalue weighted by Crippen LogP contribution is 2.41. The van der Waals surface area contributed by atoms with Crippen LogP contribution in [0, 0.1) is 0 Å². The Balaban J connectivity index is 1.78. The number of rotatable bonds is 6. The Hall–Kier alpha value is -2.31. The minimum Gasteiger partial charge on any atom is -0.477 e. The van der Waals surface area contributed by atoms with Gasteiger partial charge in [-0.2, -0.15) is 0 Å². The number of carbonyl (C=O) groups excluding carboxylic acids is 2. The summed E-state index contributed by atoms with van der Waals surface area (Å²) in [7, 11) is 0. The molecule has 0 aromatic carbocycles. The maximum atomic E-state index is 12.6. The first kappa shape index (κ1) is 19.5. The minimum atomic E-state index is -1.29. The summed E-state index contributed by atoms with van der Waals surface area (Å²) in [6.07, 6.45) is 0. The Kier molecular flexibility index (Phi) is 5.58. The van der Waals surface area contributed by atoms with Crippen molar-refractivity contribution in [1.29, 1.82) is 0 Å². The first-order chi connectivity index (χ1) is 12.8. The molecule has 2 aliphatic heterocycles. The maximum Gasteiger partial charge on any atom is 0.353 e. The third kappa shape index (κ3) is 3.59. The fraction of sp³-hybridized carbons (Fsp3) is 0.357. The Bertz CT molecular complexity index is 870. The largest absolute Gasteiger partial charge is 0.477 e. The average molecular weight is 432 g/mol. The number of nitrogen functional groups attached to an aromatic ring is 1. The summed E-state index contributed by atoms with van der Waals surface area (Å²) in [5.74, 6) is -2.30. The third-order valence-electron chi connectivity index (χ3n) is 3.68. The monoisotopic (exact) mass is 431 g/mol. The molecule has 2 amide bonds. The molecule has 144 valence electrons. The third-order valence-corrected chi connectivity index (χ3v) is 6.10. The molecular weight excluding hydrogens is 418 g/mol. The molecule has 1 aromatic heterocycles. The second-order valence-electron chi connectivity index (χ2n) is 5.35. The van der Waals surface area contributed by atoms with Gasteiger partial charge in [0.1, 0.15) is 29.4 Å². The summed E-state index contributed by atoms with van der Waals surface area (Å²) < 4.78 is 0. The predicted octanol–water partition coefficient (Wildman–Crippen LogP) is 0.401. The summed E-state index contributed by atoms with van der Waals surface area (Å²) in [5, 5.41) is 16.9. The number of nitrogens with two attached hydrogens (primary N) is 1. The summed E-state index contributed by atoms with van der Waals surface area (Å²) in [6, 6.07) is -0.913. The highest BCUT2D eigenvalue weighted by atomic mass is 35.5. The van der Waals surface area contributed by atoms with Crippen LogP contribution in [0.4, 0.5) is 5.13 Å². The van der Waals surface area contributed by atoms with Gasteiger partial charge in [-0.3, -0.25) is 14.5 Å². The number of oxime groups is 1. The number of nitrogens with zero attached hydrogens (tertiary/aromatic N) is 3. The molecule has 3 rings (SSSR count). The number of halogens is 1. The fourth-order valence-electron chi connectivity index (χ4n) is 2.52. The van der Waals surface area contributed by atoms with E-state index < -0.39 is 29.2 Å². The van der Waals surface area contributed by atoms with Gasteiger partial charge < -0.3 is 21.0 Å². The Morgan fingerprint density at radius 2 is 2.33 bits per heavy atom. The lowest BCUT2D eigenvalue weighted by Gasteiger charge is -2.48. The zero-order chi connectivity index (χ0) is 19.7. The van der Waals surface area contributed by atoms with Gasteiger partial charge in [-0.1, -0.05) is 16.8 Å². The molecule has 27 heavy (non-hydrogen) atoms. The summed E-state index contributed by atoms with van der Waals surface area (Å²) in [4.78, 5) is 46.4. The molecule has 0 aliphatic carbocycles. The molecule has 2 atom stereocenters. The van der Waals surface area contributed by atoms with E-state index in [4.69, 9.17) is 22.2 Å². The van der Waals surface area contributed by atoms with E-state index >= 15 is 0 Å². The van der Waals surface area contributed by atoms with Crippen LogP contribution >= 0.6 is 34.7 Å². The van der Waals surface area contributed by atoms with E-state index in [1.807, 2.05) is 0 Å². The van der Waals surface area contributed by atoms with Gasteiger partial charge in [0.2, 0.25) is 0 Å². The van der Waals surface area contributed by atoms with Crippen molar-refractivity contribution < 1.29 is 24.3 Å². The molecular formula is C14H14ClN5O5S2. The molecule has 0 spiro atoms. The van der Waals surface area contributed by atoms with E-state index in [9.17, 15) is 19.5 Å². The van der Waals surface area contributed by atoms with Crippen molar-refractivity contribution in [3.05, 3.63) is 21.8 Å². The average Bonchev–Trinajstić information content (AvgIpc) is 3.05. The van der Waals surface area contributed by atoms with Crippen LogP contribution < -0.4 is 11.1 Å². The van der Waals surface area contributed by atoms with Crippen molar-refractivity contribution in [2.75, 3.05) is 18.1 Å². The van der Waals surface area contributed by atoms with Crippen LogP contribution in [0.1, 0.15) is 12.6 Å². The SMILES string of the molecule is CCO/N=C(/C(=O)NC1C(=O)N2C(C(=O)O)=C(Cl)CS[C@H]12)c1csc(N)n1. The number of hydrogen-bond acceptors (Lipinski definition) is 9. The first-order valence-electron chi connectivity index (χ1n) is 7.64. The zero-order valence-electron chi connectivity index (χ0n) is 13.8. The van der Waals surface area contributed by atoms with E-state index in [-0.39, 0.29) is 39.6 Å². The van der Waals surface area contributed by atoms with Gasteiger partial charge in [0, 0.05) is 11.1 Å². The van der Waals surface area contributed by atoms with Crippen LogP contribution in [0.25, 0.3) is 0 Å². The fourth-order valence-corrected chi connectivity index (χ4v) is 4.62. The van der Waals surface area contributed by atoms with Gasteiger partial charge >= 0.3 is 5.97 Å². The predicted molar refractivity (Wildman–Crippen MR) is 100 cm³/mol. The van der Waals surface area contributed by atoms with Gasteiger partial charge in [0.25, 0.3) is 11.8 Å². The first-order valence-corrected chi connectivity index (χ1v) is 9.94. The van der Waals surface area contributed by atoms with E-state index in [1.54, 1.807) is 12.3 Å². The number of carbonyl (C=O) groups is 3. The Morgan fingerprint density at radius 3 is 2.93 bits per heavy atom. The van der Waals surface area contributed by atoms with Crippen LogP contribution in [-0.2, 0) is 19.2 Å². The van der Waals surface area contributed by atoms with Crippen molar-refractivity contribution in [1.82, 2.24) is 15.2 Å². The van der Waals surface area contributed by atoms with Gasteiger partial charge in [0.05, 0.1) is 5.03 Å². The van der Waals surface area contributed by atoms with Crippen LogP contribution in [0.2, 0.25) is 0 Å². The molecule has 1 unspecified atom stereocenters. The van der Waals surface area contributed by atoms with E-state index in [0.717, 1.165) is 16.2 Å². The molecule has 1 saturated heterocycles. The number of β-lactam (4-membered cyclic amide) rings is 1. The number of nitrogens with one attached hydrogen (secondary N) is 1. The highest BCUT2D eigenvalue weighted by Gasteiger charge is 2.54. The number of carboxylic acids is 1. The van der Waals surface area contributed by atoms with E-state index in [1.165, 1.54) is 11.8 Å².